The average molecular weight is 292 g/mol. The Labute approximate surface area is 116 Å². The summed E-state index contributed by atoms with van der Waals surface area (Å²) in [4.78, 5) is 0.933. The highest BCUT2D eigenvalue weighted by atomic mass is 32.2. The highest BCUT2D eigenvalue weighted by Gasteiger charge is 2.17. The number of nitrogens with zero attached hydrogens (tertiary/aromatic N) is 1. The predicted molar refractivity (Wildman–Crippen MR) is 75.8 cm³/mol. The normalized spacial score (nSPS) is 11.0. The van der Waals surface area contributed by atoms with Crippen LogP contribution in [0.5, 0.6) is 0 Å². The lowest BCUT2D eigenvalue weighted by Gasteiger charge is -2.09. The molecular weight excluding hydrogens is 280 g/mol. The molecule has 19 heavy (non-hydrogen) atoms. The molecule has 0 saturated carbocycles. The van der Waals surface area contributed by atoms with E-state index in [1.165, 1.54) is 17.4 Å². The monoisotopic (exact) mass is 292 g/mol. The van der Waals surface area contributed by atoms with Gasteiger partial charge in [0.05, 0.1) is 17.3 Å². The minimum Gasteiger partial charge on any atom is -0.279 e. The summed E-state index contributed by atoms with van der Waals surface area (Å²) in [7, 11) is -3.58. The van der Waals surface area contributed by atoms with Crippen LogP contribution in [0.25, 0.3) is 0 Å². The zero-order valence-electron chi connectivity index (χ0n) is 10.5. The number of anilines is 1. The van der Waals surface area contributed by atoms with Gasteiger partial charge in [0.15, 0.2) is 0 Å². The second-order valence-corrected chi connectivity index (χ2v) is 7.31. The topological polar surface area (TPSA) is 70.0 Å². The fourth-order valence-electron chi connectivity index (χ4n) is 1.55. The summed E-state index contributed by atoms with van der Waals surface area (Å²) in [5.74, 6) is 0. The molecule has 2 rings (SSSR count). The van der Waals surface area contributed by atoms with Crippen LogP contribution in [0.4, 0.5) is 5.69 Å². The lowest BCUT2D eigenvalue weighted by Crippen LogP contribution is -2.12. The maximum atomic E-state index is 12.2. The molecule has 98 valence electrons. The van der Waals surface area contributed by atoms with Gasteiger partial charge in [0.1, 0.15) is 4.21 Å². The van der Waals surface area contributed by atoms with E-state index in [1.807, 2.05) is 13.0 Å². The van der Waals surface area contributed by atoms with Crippen molar-refractivity contribution in [2.45, 2.75) is 18.1 Å². The van der Waals surface area contributed by atoms with Crippen molar-refractivity contribution in [1.82, 2.24) is 0 Å². The molecular formula is C13H12N2O2S2. The summed E-state index contributed by atoms with van der Waals surface area (Å²) < 4.78 is 27.2. The Balaban J connectivity index is 2.38. The van der Waals surface area contributed by atoms with Crippen LogP contribution in [0.1, 0.15) is 16.0 Å². The summed E-state index contributed by atoms with van der Waals surface area (Å²) in [6.07, 6.45) is 0. The molecule has 0 spiro atoms. The van der Waals surface area contributed by atoms with Gasteiger partial charge in [-0.2, -0.15) is 5.26 Å². The zero-order valence-corrected chi connectivity index (χ0v) is 12.1. The number of benzene rings is 1. The molecule has 0 fully saturated rings. The molecule has 2 aromatic rings. The van der Waals surface area contributed by atoms with Crippen molar-refractivity contribution in [2.75, 3.05) is 4.72 Å². The van der Waals surface area contributed by atoms with Crippen molar-refractivity contribution in [1.29, 1.82) is 5.26 Å². The van der Waals surface area contributed by atoms with Gasteiger partial charge in [0, 0.05) is 4.88 Å². The summed E-state index contributed by atoms with van der Waals surface area (Å²) >= 11 is 1.21. The van der Waals surface area contributed by atoms with Crippen LogP contribution in [-0.2, 0) is 10.0 Å². The van der Waals surface area contributed by atoms with E-state index in [1.54, 1.807) is 31.2 Å². The minimum atomic E-state index is -3.58. The van der Waals surface area contributed by atoms with Gasteiger partial charge in [-0.1, -0.05) is 6.07 Å². The van der Waals surface area contributed by atoms with E-state index in [4.69, 9.17) is 5.26 Å². The number of thiophene rings is 1. The summed E-state index contributed by atoms with van der Waals surface area (Å²) in [6.45, 7) is 3.64. The average Bonchev–Trinajstić information content (AvgIpc) is 2.79. The third kappa shape index (κ3) is 2.95. The smallest absolute Gasteiger partial charge is 0.271 e. The molecule has 0 radical (unpaired) electrons. The van der Waals surface area contributed by atoms with Crippen molar-refractivity contribution in [3.63, 3.8) is 0 Å². The number of aryl methyl sites for hydroxylation is 2. The molecule has 0 aliphatic heterocycles. The van der Waals surface area contributed by atoms with E-state index in [0.717, 1.165) is 10.4 Å². The number of nitriles is 1. The van der Waals surface area contributed by atoms with Crippen molar-refractivity contribution in [2.24, 2.45) is 0 Å². The van der Waals surface area contributed by atoms with Crippen LogP contribution >= 0.6 is 11.3 Å². The van der Waals surface area contributed by atoms with Crippen molar-refractivity contribution in [3.8, 4) is 6.07 Å². The molecule has 0 atom stereocenters. The maximum Gasteiger partial charge on any atom is 0.271 e. The Morgan fingerprint density at radius 2 is 1.95 bits per heavy atom. The summed E-state index contributed by atoms with van der Waals surface area (Å²) in [5.41, 5.74) is 1.63. The highest BCUT2D eigenvalue weighted by Crippen LogP contribution is 2.25. The quantitative estimate of drug-likeness (QED) is 0.945. The molecule has 0 amide bonds. The second-order valence-electron chi connectivity index (χ2n) is 4.11. The molecule has 6 heteroatoms. The largest absolute Gasteiger partial charge is 0.279 e. The van der Waals surface area contributed by atoms with E-state index < -0.39 is 10.0 Å². The number of nitrogens with one attached hydrogen (secondary N) is 1. The third-order valence-corrected chi connectivity index (χ3v) is 5.45. The SMILES string of the molecule is Cc1ccc(S(=O)(=O)Nc2cc(C#N)ccc2C)s1. The van der Waals surface area contributed by atoms with Crippen LogP contribution in [0.2, 0.25) is 0 Å². The molecule has 1 N–H and O–H groups in total. The van der Waals surface area contributed by atoms with E-state index in [9.17, 15) is 8.42 Å². The molecule has 0 aliphatic carbocycles. The Morgan fingerprint density at radius 1 is 1.21 bits per heavy atom. The van der Waals surface area contributed by atoms with Crippen LogP contribution in [0.15, 0.2) is 34.5 Å². The Kier molecular flexibility index (Phi) is 3.60. The maximum absolute atomic E-state index is 12.2. The van der Waals surface area contributed by atoms with E-state index in [0.29, 0.717) is 11.3 Å². The Morgan fingerprint density at radius 3 is 2.53 bits per heavy atom. The first-order valence-electron chi connectivity index (χ1n) is 5.52. The molecule has 1 aromatic carbocycles. The van der Waals surface area contributed by atoms with E-state index in [2.05, 4.69) is 4.72 Å². The zero-order chi connectivity index (χ0) is 14.0. The predicted octanol–water partition coefficient (Wildman–Crippen LogP) is 3.04. The molecule has 0 aliphatic rings. The Bertz CT molecular complexity index is 755. The number of sulfonamides is 1. The van der Waals surface area contributed by atoms with E-state index >= 15 is 0 Å². The fraction of sp³-hybridized carbons (Fsp3) is 0.154. The molecule has 0 bridgehead atoms. The first-order valence-corrected chi connectivity index (χ1v) is 7.82. The van der Waals surface area contributed by atoms with Gasteiger partial charge in [0.25, 0.3) is 10.0 Å². The van der Waals surface area contributed by atoms with Crippen molar-refractivity contribution in [3.05, 3.63) is 46.3 Å². The fourth-order valence-corrected chi connectivity index (χ4v) is 3.96. The van der Waals surface area contributed by atoms with Crippen molar-refractivity contribution < 1.29 is 8.42 Å². The number of hydrogen-bond acceptors (Lipinski definition) is 4. The molecule has 4 nitrogen and oxygen atoms in total. The van der Waals surface area contributed by atoms with Crippen LogP contribution in [-0.4, -0.2) is 8.42 Å². The van der Waals surface area contributed by atoms with Gasteiger partial charge < -0.3 is 0 Å². The van der Waals surface area contributed by atoms with Gasteiger partial charge in [-0.25, -0.2) is 8.42 Å². The number of hydrogen-bond donors (Lipinski definition) is 1. The lowest BCUT2D eigenvalue weighted by molar-refractivity contribution is 0.603. The van der Waals surface area contributed by atoms with Gasteiger partial charge in [0.2, 0.25) is 0 Å². The first kappa shape index (κ1) is 13.6. The molecule has 0 saturated heterocycles. The minimum absolute atomic E-state index is 0.270. The number of rotatable bonds is 3. The van der Waals surface area contributed by atoms with Gasteiger partial charge >= 0.3 is 0 Å². The summed E-state index contributed by atoms with van der Waals surface area (Å²) in [6, 6.07) is 10.2. The van der Waals surface area contributed by atoms with Gasteiger partial charge in [-0.3, -0.25) is 4.72 Å². The summed E-state index contributed by atoms with van der Waals surface area (Å²) in [5, 5.41) is 8.85. The van der Waals surface area contributed by atoms with Crippen LogP contribution in [0, 0.1) is 25.2 Å². The third-order valence-electron chi connectivity index (χ3n) is 2.59. The van der Waals surface area contributed by atoms with Crippen molar-refractivity contribution >= 4 is 27.0 Å². The molecule has 1 aromatic heterocycles. The highest BCUT2D eigenvalue weighted by molar-refractivity contribution is 7.94. The molecule has 1 heterocycles. The Hall–Kier alpha value is -1.84. The first-order chi connectivity index (χ1) is 8.92. The standard InChI is InChI=1S/C13H12N2O2S2/c1-9-3-5-11(8-14)7-12(9)15-19(16,17)13-6-4-10(2)18-13/h3-7,15H,1-2H3. The van der Waals surface area contributed by atoms with Gasteiger partial charge in [-0.05, 0) is 43.7 Å². The second kappa shape index (κ2) is 5.03. The van der Waals surface area contributed by atoms with Crippen LogP contribution < -0.4 is 4.72 Å². The van der Waals surface area contributed by atoms with Gasteiger partial charge in [-0.15, -0.1) is 11.3 Å². The van der Waals surface area contributed by atoms with Crippen LogP contribution in [0.3, 0.4) is 0 Å². The van der Waals surface area contributed by atoms with E-state index in [-0.39, 0.29) is 4.21 Å². The molecule has 0 unspecified atom stereocenters. The lowest BCUT2D eigenvalue weighted by atomic mass is 10.1.